The molecule has 0 aromatic heterocycles. The van der Waals surface area contributed by atoms with Crippen LogP contribution < -0.4 is 5.32 Å². The second-order valence-electron chi connectivity index (χ2n) is 6.06. The van der Waals surface area contributed by atoms with Gasteiger partial charge >= 0.3 is 0 Å². The Morgan fingerprint density at radius 3 is 2.67 bits per heavy atom. The molecule has 4 rings (SSSR count). The van der Waals surface area contributed by atoms with Crippen molar-refractivity contribution in [2.75, 3.05) is 6.54 Å². The summed E-state index contributed by atoms with van der Waals surface area (Å²) in [6, 6.07) is 19.8. The summed E-state index contributed by atoms with van der Waals surface area (Å²) in [4.78, 5) is 0. The number of aryl methyl sites for hydroxylation is 1. The molecule has 2 nitrogen and oxygen atoms in total. The summed E-state index contributed by atoms with van der Waals surface area (Å²) in [5, 5.41) is 3.73. The fourth-order valence-corrected chi connectivity index (χ4v) is 3.64. The zero-order valence-electron chi connectivity index (χ0n) is 12.2. The van der Waals surface area contributed by atoms with Crippen LogP contribution in [0.2, 0.25) is 0 Å². The minimum Gasteiger partial charge on any atom is -0.363 e. The van der Waals surface area contributed by atoms with Crippen molar-refractivity contribution in [2.45, 2.75) is 37.5 Å². The van der Waals surface area contributed by atoms with Crippen molar-refractivity contribution >= 4 is 0 Å². The van der Waals surface area contributed by atoms with Crippen molar-refractivity contribution in [3.63, 3.8) is 0 Å². The Balaban J connectivity index is 1.66. The third kappa shape index (κ3) is 2.50. The minimum atomic E-state index is 0.151. The van der Waals surface area contributed by atoms with Crippen molar-refractivity contribution in [3.05, 3.63) is 71.3 Å². The van der Waals surface area contributed by atoms with Crippen molar-refractivity contribution < 1.29 is 4.74 Å². The molecule has 2 heteroatoms. The molecule has 1 heterocycles. The topological polar surface area (TPSA) is 21.3 Å². The van der Waals surface area contributed by atoms with Gasteiger partial charge in [0.1, 0.15) is 0 Å². The molecule has 1 saturated heterocycles. The van der Waals surface area contributed by atoms with Crippen molar-refractivity contribution in [1.82, 2.24) is 5.32 Å². The monoisotopic (exact) mass is 279 g/mol. The summed E-state index contributed by atoms with van der Waals surface area (Å²) >= 11 is 0. The largest absolute Gasteiger partial charge is 0.363 e. The first-order valence-corrected chi connectivity index (χ1v) is 7.93. The summed E-state index contributed by atoms with van der Waals surface area (Å²) in [7, 11) is 0. The Hall–Kier alpha value is -1.64. The normalized spacial score (nSPS) is 28.3. The van der Waals surface area contributed by atoms with Crippen molar-refractivity contribution in [3.8, 4) is 0 Å². The van der Waals surface area contributed by atoms with Gasteiger partial charge in [-0.05, 0) is 36.0 Å². The Kier molecular flexibility index (Phi) is 3.50. The Morgan fingerprint density at radius 2 is 1.76 bits per heavy atom. The van der Waals surface area contributed by atoms with E-state index in [9.17, 15) is 0 Å². The third-order valence-electron chi connectivity index (χ3n) is 4.74. The van der Waals surface area contributed by atoms with Gasteiger partial charge in [-0.3, -0.25) is 0 Å². The smallest absolute Gasteiger partial charge is 0.0989 e. The van der Waals surface area contributed by atoms with E-state index < -0.39 is 0 Å². The highest BCUT2D eigenvalue weighted by Crippen LogP contribution is 2.38. The molecule has 0 radical (unpaired) electrons. The Morgan fingerprint density at radius 1 is 0.952 bits per heavy atom. The fraction of sp³-hybridized carbons (Fsp3) is 0.368. The molecule has 1 aliphatic heterocycles. The van der Waals surface area contributed by atoms with E-state index in [0.717, 1.165) is 6.54 Å². The number of nitrogens with one attached hydrogen (secondary N) is 1. The number of fused-ring (bicyclic) bond motifs is 3. The number of benzene rings is 2. The third-order valence-corrected chi connectivity index (χ3v) is 4.74. The maximum absolute atomic E-state index is 6.52. The van der Waals surface area contributed by atoms with Crippen LogP contribution in [-0.2, 0) is 11.2 Å². The van der Waals surface area contributed by atoms with Crippen LogP contribution in [0.3, 0.4) is 0 Å². The predicted octanol–water partition coefficient (Wildman–Crippen LogP) is 3.79. The number of hydrogen-bond donors (Lipinski definition) is 1. The van der Waals surface area contributed by atoms with Gasteiger partial charge in [-0.1, -0.05) is 54.6 Å². The van der Waals surface area contributed by atoms with Gasteiger partial charge in [0.25, 0.3) is 0 Å². The van der Waals surface area contributed by atoms with Crippen LogP contribution in [0.1, 0.15) is 41.7 Å². The van der Waals surface area contributed by atoms with Crippen molar-refractivity contribution in [1.29, 1.82) is 0 Å². The molecule has 0 spiro atoms. The van der Waals surface area contributed by atoms with Crippen LogP contribution in [-0.4, -0.2) is 12.6 Å². The first-order chi connectivity index (χ1) is 10.4. The second-order valence-corrected chi connectivity index (χ2v) is 6.06. The van der Waals surface area contributed by atoms with Gasteiger partial charge in [-0.15, -0.1) is 0 Å². The minimum absolute atomic E-state index is 0.151. The van der Waals surface area contributed by atoms with Gasteiger partial charge in [0.05, 0.1) is 12.2 Å². The molecule has 0 bridgehead atoms. The lowest BCUT2D eigenvalue weighted by molar-refractivity contribution is -0.0679. The first kappa shape index (κ1) is 13.1. The summed E-state index contributed by atoms with van der Waals surface area (Å²) in [6.45, 7) is 0.910. The number of ether oxygens (including phenoxy) is 1. The van der Waals surface area contributed by atoms with E-state index in [4.69, 9.17) is 4.74 Å². The van der Waals surface area contributed by atoms with Crippen LogP contribution >= 0.6 is 0 Å². The highest BCUT2D eigenvalue weighted by atomic mass is 16.5. The molecule has 1 fully saturated rings. The molecule has 108 valence electrons. The number of morpholine rings is 1. The summed E-state index contributed by atoms with van der Waals surface area (Å²) in [6.07, 6.45) is 3.94. The molecule has 2 aliphatic rings. The highest BCUT2D eigenvalue weighted by Gasteiger charge is 2.34. The van der Waals surface area contributed by atoms with E-state index in [-0.39, 0.29) is 12.2 Å². The molecule has 3 atom stereocenters. The zero-order valence-corrected chi connectivity index (χ0v) is 12.2. The van der Waals surface area contributed by atoms with E-state index in [1.165, 1.54) is 36.0 Å². The van der Waals surface area contributed by atoms with Gasteiger partial charge in [-0.2, -0.15) is 0 Å². The first-order valence-electron chi connectivity index (χ1n) is 7.93. The average molecular weight is 279 g/mol. The number of rotatable bonds is 1. The lowest BCUT2D eigenvalue weighted by atomic mass is 9.95. The highest BCUT2D eigenvalue weighted by molar-refractivity contribution is 5.32. The fourth-order valence-electron chi connectivity index (χ4n) is 3.64. The van der Waals surface area contributed by atoms with E-state index in [0.29, 0.717) is 6.04 Å². The molecule has 3 unspecified atom stereocenters. The molecule has 1 N–H and O–H groups in total. The van der Waals surface area contributed by atoms with Gasteiger partial charge in [0, 0.05) is 12.6 Å². The van der Waals surface area contributed by atoms with Crippen LogP contribution in [0, 0.1) is 0 Å². The average Bonchev–Trinajstić information content (AvgIpc) is 2.74. The maximum Gasteiger partial charge on any atom is 0.0989 e. The lowest BCUT2D eigenvalue weighted by Crippen LogP contribution is -2.44. The molecule has 0 saturated carbocycles. The summed E-state index contributed by atoms with van der Waals surface area (Å²) in [5.74, 6) is 0. The second kappa shape index (κ2) is 5.63. The SMILES string of the molecule is c1ccc(C2CNC3CCCc4ccccc4C3O2)cc1. The van der Waals surface area contributed by atoms with Gasteiger partial charge in [-0.25, -0.2) is 0 Å². The Bertz CT molecular complexity index is 610. The lowest BCUT2D eigenvalue weighted by Gasteiger charge is -2.37. The number of hydrogen-bond acceptors (Lipinski definition) is 2. The maximum atomic E-state index is 6.52. The standard InChI is InChI=1S/C19H21NO/c1-2-8-15(9-3-1)18-13-20-17-12-6-10-14-7-4-5-11-16(14)19(17)21-18/h1-5,7-9,11,17-20H,6,10,12-13H2. The molecule has 0 amide bonds. The van der Waals surface area contributed by atoms with E-state index in [2.05, 4.69) is 59.9 Å². The zero-order chi connectivity index (χ0) is 14.1. The quantitative estimate of drug-likeness (QED) is 0.857. The van der Waals surface area contributed by atoms with E-state index >= 15 is 0 Å². The van der Waals surface area contributed by atoms with E-state index in [1.807, 2.05) is 0 Å². The van der Waals surface area contributed by atoms with E-state index in [1.54, 1.807) is 0 Å². The summed E-state index contributed by atoms with van der Waals surface area (Å²) in [5.41, 5.74) is 4.11. The molecular formula is C19H21NO. The molecule has 1 aliphatic carbocycles. The van der Waals surface area contributed by atoms with Crippen LogP contribution in [0.5, 0.6) is 0 Å². The van der Waals surface area contributed by atoms with Crippen LogP contribution in [0.4, 0.5) is 0 Å². The molecule has 2 aromatic rings. The van der Waals surface area contributed by atoms with Gasteiger partial charge in [0.2, 0.25) is 0 Å². The molecule has 2 aromatic carbocycles. The van der Waals surface area contributed by atoms with Crippen LogP contribution in [0.25, 0.3) is 0 Å². The molecule has 21 heavy (non-hydrogen) atoms. The van der Waals surface area contributed by atoms with Crippen molar-refractivity contribution in [2.24, 2.45) is 0 Å². The summed E-state index contributed by atoms with van der Waals surface area (Å²) < 4.78 is 6.52. The van der Waals surface area contributed by atoms with Gasteiger partial charge < -0.3 is 10.1 Å². The predicted molar refractivity (Wildman–Crippen MR) is 84.2 cm³/mol. The van der Waals surface area contributed by atoms with Crippen LogP contribution in [0.15, 0.2) is 54.6 Å². The van der Waals surface area contributed by atoms with Gasteiger partial charge in [0.15, 0.2) is 0 Å². The Labute approximate surface area is 126 Å². The molecular weight excluding hydrogens is 258 g/mol.